The van der Waals surface area contributed by atoms with Crippen LogP contribution in [0, 0.1) is 0 Å². The normalized spacial score (nSPS) is 17.8. The van der Waals surface area contributed by atoms with Gasteiger partial charge in [-0.1, -0.05) is 36.4 Å². The van der Waals surface area contributed by atoms with Crippen LogP contribution in [0.5, 0.6) is 0 Å². The van der Waals surface area contributed by atoms with E-state index in [2.05, 4.69) is 10.6 Å². The van der Waals surface area contributed by atoms with E-state index in [9.17, 15) is 18.0 Å². The van der Waals surface area contributed by atoms with Crippen LogP contribution in [-0.4, -0.2) is 50.5 Å². The number of carbonyl (C=O) groups excluding carboxylic acids is 2. The van der Waals surface area contributed by atoms with Crippen LogP contribution in [0.4, 0.5) is 0 Å². The van der Waals surface area contributed by atoms with Crippen molar-refractivity contribution in [3.05, 3.63) is 53.4 Å². The second-order valence-electron chi connectivity index (χ2n) is 6.11. The molecule has 0 bridgehead atoms. The molecule has 1 atom stereocenters. The molecule has 2 heterocycles. The van der Waals surface area contributed by atoms with E-state index in [0.29, 0.717) is 19.6 Å². The lowest BCUT2D eigenvalue weighted by molar-refractivity contribution is -0.140. The van der Waals surface area contributed by atoms with Gasteiger partial charge in [0.1, 0.15) is 10.4 Å². The third-order valence-electron chi connectivity index (χ3n) is 4.15. The van der Waals surface area contributed by atoms with Crippen molar-refractivity contribution in [1.29, 1.82) is 0 Å². The van der Waals surface area contributed by atoms with Gasteiger partial charge in [0.05, 0.1) is 13.2 Å². The van der Waals surface area contributed by atoms with Gasteiger partial charge < -0.3 is 15.4 Å². The lowest BCUT2D eigenvalue weighted by Gasteiger charge is -2.34. The van der Waals surface area contributed by atoms with Crippen LogP contribution >= 0.6 is 11.3 Å². The third kappa shape index (κ3) is 4.96. The molecule has 0 aliphatic carbocycles. The van der Waals surface area contributed by atoms with Crippen molar-refractivity contribution in [2.75, 3.05) is 19.7 Å². The summed E-state index contributed by atoms with van der Waals surface area (Å²) >= 11 is 1.12. The number of hydrogen-bond acceptors (Lipinski definition) is 6. The van der Waals surface area contributed by atoms with E-state index in [4.69, 9.17) is 4.74 Å². The summed E-state index contributed by atoms with van der Waals surface area (Å²) in [6.45, 7) is 0.798. The van der Waals surface area contributed by atoms with Gasteiger partial charge in [-0.05, 0) is 23.4 Å². The van der Waals surface area contributed by atoms with E-state index in [1.165, 1.54) is 10.4 Å². The second-order valence-corrected chi connectivity index (χ2v) is 9.17. The second kappa shape index (κ2) is 9.28. The van der Waals surface area contributed by atoms with E-state index >= 15 is 0 Å². The molecule has 150 valence electrons. The zero-order valence-electron chi connectivity index (χ0n) is 15.0. The minimum Gasteiger partial charge on any atom is -0.360 e. The fourth-order valence-corrected chi connectivity index (χ4v) is 5.43. The summed E-state index contributed by atoms with van der Waals surface area (Å²) in [5.74, 6) is -1.62. The van der Waals surface area contributed by atoms with Crippen molar-refractivity contribution >= 4 is 33.2 Å². The maximum absolute atomic E-state index is 12.8. The number of nitrogens with zero attached hydrogens (tertiary/aromatic N) is 1. The average molecular weight is 424 g/mol. The number of nitrogens with one attached hydrogen (secondary N) is 2. The molecule has 3 rings (SSSR count). The molecule has 1 aliphatic heterocycles. The minimum absolute atomic E-state index is 0.109. The highest BCUT2D eigenvalue weighted by atomic mass is 32.2. The monoisotopic (exact) mass is 423 g/mol. The lowest BCUT2D eigenvalue weighted by Crippen LogP contribution is -2.52. The molecule has 8 nitrogen and oxygen atoms in total. The fraction of sp³-hybridized carbons (Fsp3) is 0.333. The predicted molar refractivity (Wildman–Crippen MR) is 104 cm³/mol. The summed E-state index contributed by atoms with van der Waals surface area (Å²) in [7, 11) is -3.71. The number of amides is 2. The molecule has 1 saturated heterocycles. The SMILES string of the molecule is O=C(NCc1ccccc1)C(=O)NC[C@@H]1OCCCN1S(=O)(=O)c1cccs1. The van der Waals surface area contributed by atoms with Crippen LogP contribution in [0.1, 0.15) is 12.0 Å². The summed E-state index contributed by atoms with van der Waals surface area (Å²) in [5.41, 5.74) is 0.868. The van der Waals surface area contributed by atoms with Gasteiger partial charge in [0, 0.05) is 13.1 Å². The van der Waals surface area contributed by atoms with E-state index < -0.39 is 28.1 Å². The van der Waals surface area contributed by atoms with E-state index in [0.717, 1.165) is 16.9 Å². The molecule has 0 unspecified atom stereocenters. The number of thiophene rings is 1. The Bertz CT molecular complexity index is 901. The largest absolute Gasteiger partial charge is 0.360 e. The molecule has 28 heavy (non-hydrogen) atoms. The first-order valence-electron chi connectivity index (χ1n) is 8.75. The van der Waals surface area contributed by atoms with Gasteiger partial charge in [-0.15, -0.1) is 11.3 Å². The first-order chi connectivity index (χ1) is 13.5. The molecule has 1 aromatic heterocycles. The van der Waals surface area contributed by atoms with Crippen LogP contribution in [-0.2, 0) is 30.9 Å². The predicted octanol–water partition coefficient (Wildman–Crippen LogP) is 0.918. The zero-order chi connectivity index (χ0) is 20.0. The van der Waals surface area contributed by atoms with Crippen molar-refractivity contribution in [2.45, 2.75) is 23.4 Å². The number of ether oxygens (including phenoxy) is 1. The zero-order valence-corrected chi connectivity index (χ0v) is 16.7. The molecular weight excluding hydrogens is 402 g/mol. The molecule has 10 heteroatoms. The summed E-state index contributed by atoms with van der Waals surface area (Å²) in [6.07, 6.45) is -0.293. The molecule has 2 amide bonds. The van der Waals surface area contributed by atoms with Crippen molar-refractivity contribution < 1.29 is 22.7 Å². The maximum atomic E-state index is 12.8. The van der Waals surface area contributed by atoms with Crippen LogP contribution in [0.25, 0.3) is 0 Å². The molecule has 0 radical (unpaired) electrons. The summed E-state index contributed by atoms with van der Waals surface area (Å²) < 4.78 is 32.5. The van der Waals surface area contributed by atoms with Gasteiger partial charge in [0.2, 0.25) is 0 Å². The van der Waals surface area contributed by atoms with Crippen molar-refractivity contribution in [1.82, 2.24) is 14.9 Å². The lowest BCUT2D eigenvalue weighted by atomic mass is 10.2. The average Bonchev–Trinajstić information content (AvgIpc) is 3.27. The number of carbonyl (C=O) groups is 2. The van der Waals surface area contributed by atoms with Gasteiger partial charge in [-0.2, -0.15) is 4.31 Å². The molecule has 2 N–H and O–H groups in total. The van der Waals surface area contributed by atoms with E-state index in [-0.39, 0.29) is 17.3 Å². The first-order valence-corrected chi connectivity index (χ1v) is 11.1. The Morgan fingerprint density at radius 2 is 1.86 bits per heavy atom. The van der Waals surface area contributed by atoms with Crippen molar-refractivity contribution in [3.63, 3.8) is 0 Å². The van der Waals surface area contributed by atoms with Crippen LogP contribution < -0.4 is 10.6 Å². The summed E-state index contributed by atoms with van der Waals surface area (Å²) in [6, 6.07) is 12.4. The third-order valence-corrected chi connectivity index (χ3v) is 7.41. The Morgan fingerprint density at radius 1 is 1.11 bits per heavy atom. The van der Waals surface area contributed by atoms with Gasteiger partial charge in [-0.3, -0.25) is 9.59 Å². The standard InChI is InChI=1S/C18H21N3O5S2/c22-17(19-12-14-6-2-1-3-7-14)18(23)20-13-15-21(9-5-10-26-15)28(24,25)16-8-4-11-27-16/h1-4,6-8,11,15H,5,9-10,12-13H2,(H,19,22)(H,20,23)/t15-/m0/s1. The van der Waals surface area contributed by atoms with Crippen LogP contribution in [0.2, 0.25) is 0 Å². The van der Waals surface area contributed by atoms with Crippen molar-refractivity contribution in [3.8, 4) is 0 Å². The Balaban J connectivity index is 1.55. The molecule has 1 aromatic carbocycles. The molecule has 0 spiro atoms. The highest BCUT2D eigenvalue weighted by molar-refractivity contribution is 7.91. The minimum atomic E-state index is -3.71. The smallest absolute Gasteiger partial charge is 0.309 e. The number of benzene rings is 1. The quantitative estimate of drug-likeness (QED) is 0.673. The Morgan fingerprint density at radius 3 is 2.57 bits per heavy atom. The van der Waals surface area contributed by atoms with Gasteiger partial charge in [0.15, 0.2) is 0 Å². The molecule has 0 saturated carbocycles. The molecule has 1 aliphatic rings. The fourth-order valence-electron chi connectivity index (χ4n) is 2.75. The van der Waals surface area contributed by atoms with Crippen molar-refractivity contribution in [2.24, 2.45) is 0 Å². The first kappa shape index (κ1) is 20.5. The Kier molecular flexibility index (Phi) is 6.79. The molecule has 1 fully saturated rings. The number of rotatable bonds is 6. The highest BCUT2D eigenvalue weighted by Crippen LogP contribution is 2.25. The summed E-state index contributed by atoms with van der Waals surface area (Å²) in [5, 5.41) is 6.67. The summed E-state index contributed by atoms with van der Waals surface area (Å²) in [4.78, 5) is 24.0. The van der Waals surface area contributed by atoms with E-state index in [1.807, 2.05) is 30.3 Å². The van der Waals surface area contributed by atoms with Gasteiger partial charge in [-0.25, -0.2) is 8.42 Å². The molecule has 2 aromatic rings. The Hall–Kier alpha value is -2.27. The maximum Gasteiger partial charge on any atom is 0.309 e. The van der Waals surface area contributed by atoms with Crippen LogP contribution in [0.15, 0.2) is 52.1 Å². The number of sulfonamides is 1. The number of hydrogen-bond donors (Lipinski definition) is 2. The highest BCUT2D eigenvalue weighted by Gasteiger charge is 2.35. The van der Waals surface area contributed by atoms with Gasteiger partial charge >= 0.3 is 11.8 Å². The van der Waals surface area contributed by atoms with E-state index in [1.54, 1.807) is 11.4 Å². The van der Waals surface area contributed by atoms with Crippen LogP contribution in [0.3, 0.4) is 0 Å². The topological polar surface area (TPSA) is 105 Å². The van der Waals surface area contributed by atoms with Gasteiger partial charge in [0.25, 0.3) is 10.0 Å². The molecular formula is C18H21N3O5S2. The Labute approximate surface area is 167 Å².